The van der Waals surface area contributed by atoms with Gasteiger partial charge in [0.2, 0.25) is 5.91 Å². The lowest BCUT2D eigenvalue weighted by Gasteiger charge is -2.37. The number of amides is 1. The first kappa shape index (κ1) is 15.1. The molecule has 1 aliphatic rings. The molecule has 7 heteroatoms. The molecule has 21 heavy (non-hydrogen) atoms. The smallest absolute Gasteiger partial charge is 0.335 e. The summed E-state index contributed by atoms with van der Waals surface area (Å²) in [6.07, 6.45) is -1.16. The third-order valence-electron chi connectivity index (χ3n) is 3.48. The van der Waals surface area contributed by atoms with Gasteiger partial charge in [-0.1, -0.05) is 0 Å². The minimum Gasteiger partial charge on any atom is -0.497 e. The average molecular weight is 295 g/mol. The summed E-state index contributed by atoms with van der Waals surface area (Å²) in [5, 5.41) is 9.33. The zero-order chi connectivity index (χ0) is 15.6. The third-order valence-corrected chi connectivity index (χ3v) is 3.48. The predicted molar refractivity (Wildman–Crippen MR) is 72.4 cm³/mol. The highest BCUT2D eigenvalue weighted by molar-refractivity contribution is 5.83. The fourth-order valence-corrected chi connectivity index (χ4v) is 2.36. The average Bonchev–Trinajstić information content (AvgIpc) is 2.48. The molecule has 1 fully saturated rings. The summed E-state index contributed by atoms with van der Waals surface area (Å²) < 4.78 is 15.6. The second-order valence-electron chi connectivity index (χ2n) is 4.63. The number of hydrogen-bond acceptors (Lipinski definition) is 5. The maximum absolute atomic E-state index is 11.8. The van der Waals surface area contributed by atoms with Crippen LogP contribution < -0.4 is 9.47 Å². The molecule has 1 aliphatic heterocycles. The van der Waals surface area contributed by atoms with E-state index < -0.39 is 18.1 Å². The van der Waals surface area contributed by atoms with E-state index in [0.717, 1.165) is 0 Å². The zero-order valence-electron chi connectivity index (χ0n) is 12.0. The Morgan fingerprint density at radius 1 is 1.38 bits per heavy atom. The first-order valence-corrected chi connectivity index (χ1v) is 6.31. The number of ether oxygens (including phenoxy) is 3. The van der Waals surface area contributed by atoms with Gasteiger partial charge in [0, 0.05) is 12.6 Å². The van der Waals surface area contributed by atoms with Gasteiger partial charge in [0.15, 0.2) is 6.10 Å². The molecule has 114 valence electrons. The SMILES string of the molecule is COc1ccc(OC)c(C2C(C(=O)O)OCC(=O)N2C)c1. The predicted octanol–water partition coefficient (Wildman–Crippen LogP) is 0.687. The molecule has 0 spiro atoms. The number of hydrogen-bond donors (Lipinski definition) is 1. The molecule has 7 nitrogen and oxygen atoms in total. The van der Waals surface area contributed by atoms with Crippen LogP contribution >= 0.6 is 0 Å². The molecular weight excluding hydrogens is 278 g/mol. The van der Waals surface area contributed by atoms with Crippen molar-refractivity contribution in [1.29, 1.82) is 0 Å². The van der Waals surface area contributed by atoms with Crippen LogP contribution in [0.3, 0.4) is 0 Å². The van der Waals surface area contributed by atoms with Crippen LogP contribution in [0.25, 0.3) is 0 Å². The van der Waals surface area contributed by atoms with Crippen molar-refractivity contribution < 1.29 is 28.9 Å². The van der Waals surface area contributed by atoms with E-state index >= 15 is 0 Å². The minimum atomic E-state index is -1.16. The quantitative estimate of drug-likeness (QED) is 0.879. The number of rotatable bonds is 4. The number of likely N-dealkylation sites (N-methyl/N-ethyl adjacent to an activating group) is 1. The molecule has 2 unspecified atom stereocenters. The summed E-state index contributed by atoms with van der Waals surface area (Å²) in [6.45, 7) is -0.254. The van der Waals surface area contributed by atoms with Crippen molar-refractivity contribution in [3.63, 3.8) is 0 Å². The highest BCUT2D eigenvalue weighted by Gasteiger charge is 2.41. The molecule has 1 amide bonds. The lowest BCUT2D eigenvalue weighted by molar-refractivity contribution is -0.171. The van der Waals surface area contributed by atoms with Crippen molar-refractivity contribution in [3.8, 4) is 11.5 Å². The van der Waals surface area contributed by atoms with E-state index in [4.69, 9.17) is 14.2 Å². The molecule has 1 N–H and O–H groups in total. The molecule has 0 aromatic heterocycles. The standard InChI is InChI=1S/C14H17NO6/c1-15-11(16)7-21-13(14(17)18)12(15)9-6-8(19-2)4-5-10(9)20-3/h4-6,12-13H,7H2,1-3H3,(H,17,18). The maximum atomic E-state index is 11.8. The van der Waals surface area contributed by atoms with Gasteiger partial charge in [0.05, 0.1) is 20.3 Å². The van der Waals surface area contributed by atoms with Crippen LogP contribution in [0.2, 0.25) is 0 Å². The molecule has 1 heterocycles. The van der Waals surface area contributed by atoms with E-state index in [1.165, 1.54) is 19.1 Å². The monoisotopic (exact) mass is 295 g/mol. The summed E-state index contributed by atoms with van der Waals surface area (Å²) >= 11 is 0. The van der Waals surface area contributed by atoms with Crippen molar-refractivity contribution in [2.75, 3.05) is 27.9 Å². The summed E-state index contributed by atoms with van der Waals surface area (Å²) in [5.41, 5.74) is 0.528. The second kappa shape index (κ2) is 6.01. The van der Waals surface area contributed by atoms with Crippen molar-refractivity contribution in [1.82, 2.24) is 4.90 Å². The Hall–Kier alpha value is -2.28. The third kappa shape index (κ3) is 2.78. The Balaban J connectivity index is 2.53. The Morgan fingerprint density at radius 3 is 2.67 bits per heavy atom. The number of carbonyl (C=O) groups is 2. The highest BCUT2D eigenvalue weighted by atomic mass is 16.5. The molecule has 0 saturated carbocycles. The first-order valence-electron chi connectivity index (χ1n) is 6.31. The molecule has 1 aromatic carbocycles. The Labute approximate surface area is 122 Å². The maximum Gasteiger partial charge on any atom is 0.335 e. The van der Waals surface area contributed by atoms with E-state index in [2.05, 4.69) is 0 Å². The number of nitrogens with zero attached hydrogens (tertiary/aromatic N) is 1. The lowest BCUT2D eigenvalue weighted by Crippen LogP contribution is -2.50. The van der Waals surface area contributed by atoms with Crippen LogP contribution in [0, 0.1) is 0 Å². The van der Waals surface area contributed by atoms with Crippen molar-refractivity contribution in [3.05, 3.63) is 23.8 Å². The number of methoxy groups -OCH3 is 2. The van der Waals surface area contributed by atoms with Gasteiger partial charge in [-0.25, -0.2) is 4.79 Å². The van der Waals surface area contributed by atoms with Gasteiger partial charge in [0.25, 0.3) is 0 Å². The van der Waals surface area contributed by atoms with E-state index in [-0.39, 0.29) is 12.5 Å². The summed E-state index contributed by atoms with van der Waals surface area (Å²) in [6, 6.07) is 4.23. The highest BCUT2D eigenvalue weighted by Crippen LogP contribution is 2.37. The van der Waals surface area contributed by atoms with Gasteiger partial charge < -0.3 is 24.2 Å². The molecule has 1 saturated heterocycles. The number of morpholine rings is 1. The fourth-order valence-electron chi connectivity index (χ4n) is 2.36. The van der Waals surface area contributed by atoms with Gasteiger partial charge in [-0.15, -0.1) is 0 Å². The Bertz CT molecular complexity index is 558. The van der Waals surface area contributed by atoms with Gasteiger partial charge in [-0.2, -0.15) is 0 Å². The van der Waals surface area contributed by atoms with Crippen molar-refractivity contribution in [2.24, 2.45) is 0 Å². The Kier molecular flexibility index (Phi) is 4.32. The van der Waals surface area contributed by atoms with Gasteiger partial charge in [-0.05, 0) is 18.2 Å². The summed E-state index contributed by atoms with van der Waals surface area (Å²) in [4.78, 5) is 24.6. The van der Waals surface area contributed by atoms with Crippen LogP contribution in [0.5, 0.6) is 11.5 Å². The van der Waals surface area contributed by atoms with Gasteiger partial charge in [-0.3, -0.25) is 4.79 Å². The van der Waals surface area contributed by atoms with Crippen LogP contribution in [0.4, 0.5) is 0 Å². The van der Waals surface area contributed by atoms with Crippen LogP contribution in [-0.4, -0.2) is 55.9 Å². The van der Waals surface area contributed by atoms with Gasteiger partial charge >= 0.3 is 5.97 Å². The van der Waals surface area contributed by atoms with Crippen LogP contribution in [0.1, 0.15) is 11.6 Å². The summed E-state index contributed by atoms with van der Waals surface area (Å²) in [5.74, 6) is -0.412. The number of carboxylic acid groups (broad SMARTS) is 1. The van der Waals surface area contributed by atoms with Crippen LogP contribution in [0.15, 0.2) is 18.2 Å². The number of carboxylic acids is 1. The minimum absolute atomic E-state index is 0.254. The fraction of sp³-hybridized carbons (Fsp3) is 0.429. The zero-order valence-corrected chi connectivity index (χ0v) is 12.0. The molecule has 0 aliphatic carbocycles. The lowest BCUT2D eigenvalue weighted by atomic mass is 9.97. The topological polar surface area (TPSA) is 85.3 Å². The normalized spacial score (nSPS) is 22.0. The number of aliphatic carboxylic acids is 1. The van der Waals surface area contributed by atoms with E-state index in [0.29, 0.717) is 17.1 Å². The molecular formula is C14H17NO6. The summed E-state index contributed by atoms with van der Waals surface area (Å²) in [7, 11) is 4.53. The second-order valence-corrected chi connectivity index (χ2v) is 4.63. The van der Waals surface area contributed by atoms with E-state index in [1.807, 2.05) is 0 Å². The molecule has 1 aromatic rings. The molecule has 0 radical (unpaired) electrons. The van der Waals surface area contributed by atoms with Crippen LogP contribution in [-0.2, 0) is 14.3 Å². The molecule has 2 rings (SSSR count). The largest absolute Gasteiger partial charge is 0.497 e. The first-order chi connectivity index (χ1) is 9.99. The van der Waals surface area contributed by atoms with Gasteiger partial charge in [0.1, 0.15) is 18.1 Å². The Morgan fingerprint density at radius 2 is 2.10 bits per heavy atom. The van der Waals surface area contributed by atoms with Crippen molar-refractivity contribution >= 4 is 11.9 Å². The molecule has 0 bridgehead atoms. The molecule has 2 atom stereocenters. The number of carbonyl (C=O) groups excluding carboxylic acids is 1. The van der Waals surface area contributed by atoms with E-state index in [9.17, 15) is 14.7 Å². The van der Waals surface area contributed by atoms with Crippen molar-refractivity contribution in [2.45, 2.75) is 12.1 Å². The number of benzene rings is 1. The van der Waals surface area contributed by atoms with E-state index in [1.54, 1.807) is 25.2 Å².